The summed E-state index contributed by atoms with van der Waals surface area (Å²) in [7, 11) is 0. The fourth-order valence-electron chi connectivity index (χ4n) is 2.77. The predicted molar refractivity (Wildman–Crippen MR) is 93.7 cm³/mol. The number of aryl methyl sites for hydroxylation is 4. The second-order valence-corrected chi connectivity index (χ2v) is 6.26. The summed E-state index contributed by atoms with van der Waals surface area (Å²) in [6, 6.07) is 7.48. The summed E-state index contributed by atoms with van der Waals surface area (Å²) in [6.07, 6.45) is 4.16. The average Bonchev–Trinajstić information content (AvgIpc) is 2.49. The summed E-state index contributed by atoms with van der Waals surface area (Å²) in [5.41, 5.74) is 3.70. The van der Waals surface area contributed by atoms with Crippen LogP contribution in [-0.4, -0.2) is 10.2 Å². The van der Waals surface area contributed by atoms with Crippen LogP contribution in [0.25, 0.3) is 0 Å². The normalized spacial score (nSPS) is 10.8. The van der Waals surface area contributed by atoms with E-state index < -0.39 is 0 Å². The van der Waals surface area contributed by atoms with Crippen LogP contribution in [0.2, 0.25) is 0 Å². The maximum absolute atomic E-state index is 10.5. The number of unbranched alkanes of at least 4 members (excludes halogenated alkanes) is 2. The average molecular weight is 314 g/mol. The van der Waals surface area contributed by atoms with Crippen LogP contribution in [0.1, 0.15) is 48.4 Å². The zero-order chi connectivity index (χ0) is 17.0. The van der Waals surface area contributed by atoms with Gasteiger partial charge in [-0.05, 0) is 68.0 Å². The van der Waals surface area contributed by atoms with Crippen molar-refractivity contribution >= 4 is 0 Å². The van der Waals surface area contributed by atoms with Gasteiger partial charge in [-0.2, -0.15) is 0 Å². The van der Waals surface area contributed by atoms with Crippen LogP contribution in [0.4, 0.5) is 0 Å². The van der Waals surface area contributed by atoms with Crippen molar-refractivity contribution in [2.24, 2.45) is 0 Å². The van der Waals surface area contributed by atoms with Crippen molar-refractivity contribution in [3.8, 4) is 23.0 Å². The third kappa shape index (κ3) is 4.19. The maximum Gasteiger partial charge on any atom is 0.169 e. The molecule has 0 aliphatic carbocycles. The number of phenols is 2. The lowest BCUT2D eigenvalue weighted by Crippen LogP contribution is -1.94. The second kappa shape index (κ2) is 7.40. The fourth-order valence-corrected chi connectivity index (χ4v) is 2.77. The minimum atomic E-state index is 0.115. The molecule has 0 bridgehead atoms. The number of rotatable bonds is 6. The summed E-state index contributed by atoms with van der Waals surface area (Å²) in [5, 5.41) is 20.7. The minimum absolute atomic E-state index is 0.115. The molecule has 3 nitrogen and oxygen atoms in total. The Balaban J connectivity index is 2.33. The van der Waals surface area contributed by atoms with Gasteiger partial charge in [-0.25, -0.2) is 0 Å². The molecule has 2 N–H and O–H groups in total. The summed E-state index contributed by atoms with van der Waals surface area (Å²) in [5.74, 6) is 1.06. The van der Waals surface area contributed by atoms with Crippen molar-refractivity contribution in [3.63, 3.8) is 0 Å². The zero-order valence-corrected chi connectivity index (χ0v) is 14.4. The van der Waals surface area contributed by atoms with Crippen molar-refractivity contribution in [3.05, 3.63) is 46.5 Å². The molecule has 0 aliphatic rings. The molecule has 0 amide bonds. The van der Waals surface area contributed by atoms with E-state index in [1.807, 2.05) is 32.9 Å². The Kier molecular flexibility index (Phi) is 5.54. The Labute approximate surface area is 138 Å². The third-order valence-electron chi connectivity index (χ3n) is 3.98. The lowest BCUT2D eigenvalue weighted by Gasteiger charge is -2.15. The molecule has 0 radical (unpaired) electrons. The first-order valence-corrected chi connectivity index (χ1v) is 8.23. The number of aromatic hydroxyl groups is 2. The van der Waals surface area contributed by atoms with E-state index in [4.69, 9.17) is 4.74 Å². The number of ether oxygens (including phenoxy) is 1. The largest absolute Gasteiger partial charge is 0.504 e. The summed E-state index contributed by atoms with van der Waals surface area (Å²) in [6.45, 7) is 7.93. The standard InChI is InChI=1S/C20H26O3/c1-5-6-7-8-16-10-14(3)12-18(20(16)22)23-17-11-13(2)9-15(4)19(17)21/h9-12,21-22H,5-8H2,1-4H3. The first-order valence-electron chi connectivity index (χ1n) is 8.23. The molecule has 0 unspecified atom stereocenters. The van der Waals surface area contributed by atoms with Crippen molar-refractivity contribution in [1.29, 1.82) is 0 Å². The highest BCUT2D eigenvalue weighted by atomic mass is 16.5. The second-order valence-electron chi connectivity index (χ2n) is 6.26. The lowest BCUT2D eigenvalue weighted by atomic mass is 10.0. The molecule has 23 heavy (non-hydrogen) atoms. The number of phenolic OH excluding ortho intramolecular Hbond substituents is 2. The molecule has 0 atom stereocenters. The van der Waals surface area contributed by atoms with Gasteiger partial charge in [-0.1, -0.05) is 31.9 Å². The Morgan fingerprint density at radius 1 is 0.826 bits per heavy atom. The fraction of sp³-hybridized carbons (Fsp3) is 0.400. The van der Waals surface area contributed by atoms with Crippen molar-refractivity contribution in [2.45, 2.75) is 53.4 Å². The van der Waals surface area contributed by atoms with Crippen LogP contribution >= 0.6 is 0 Å². The summed E-state index contributed by atoms with van der Waals surface area (Å²) >= 11 is 0. The van der Waals surface area contributed by atoms with E-state index in [9.17, 15) is 10.2 Å². The molecule has 0 saturated carbocycles. The zero-order valence-electron chi connectivity index (χ0n) is 14.4. The van der Waals surface area contributed by atoms with Crippen LogP contribution in [0, 0.1) is 20.8 Å². The quantitative estimate of drug-likeness (QED) is 0.687. The summed E-state index contributed by atoms with van der Waals surface area (Å²) < 4.78 is 5.83. The van der Waals surface area contributed by atoms with Crippen LogP contribution in [0.15, 0.2) is 24.3 Å². The Morgan fingerprint density at radius 3 is 2.09 bits per heavy atom. The van der Waals surface area contributed by atoms with E-state index in [0.717, 1.165) is 47.9 Å². The van der Waals surface area contributed by atoms with Crippen LogP contribution < -0.4 is 4.74 Å². The molecule has 0 fully saturated rings. The highest BCUT2D eigenvalue weighted by Gasteiger charge is 2.14. The molecule has 2 aromatic rings. The van der Waals surface area contributed by atoms with E-state index in [1.165, 1.54) is 0 Å². The molecular weight excluding hydrogens is 288 g/mol. The molecule has 0 heterocycles. The maximum atomic E-state index is 10.5. The molecule has 3 heteroatoms. The van der Waals surface area contributed by atoms with Crippen LogP contribution in [0.5, 0.6) is 23.0 Å². The van der Waals surface area contributed by atoms with Gasteiger partial charge in [-0.15, -0.1) is 0 Å². The number of benzene rings is 2. The Bertz CT molecular complexity index is 690. The lowest BCUT2D eigenvalue weighted by molar-refractivity contribution is 0.380. The van der Waals surface area contributed by atoms with Crippen molar-refractivity contribution in [1.82, 2.24) is 0 Å². The molecule has 0 aliphatic heterocycles. The monoisotopic (exact) mass is 314 g/mol. The van der Waals surface area contributed by atoms with Crippen LogP contribution in [-0.2, 0) is 6.42 Å². The first kappa shape index (κ1) is 17.2. The van der Waals surface area contributed by atoms with E-state index in [-0.39, 0.29) is 11.5 Å². The number of hydrogen-bond acceptors (Lipinski definition) is 3. The molecule has 0 saturated heterocycles. The van der Waals surface area contributed by atoms with Gasteiger partial charge in [-0.3, -0.25) is 0 Å². The van der Waals surface area contributed by atoms with Gasteiger partial charge in [0.1, 0.15) is 0 Å². The van der Waals surface area contributed by atoms with E-state index in [1.54, 1.807) is 12.1 Å². The smallest absolute Gasteiger partial charge is 0.169 e. The molecule has 0 spiro atoms. The first-order chi connectivity index (χ1) is 10.9. The van der Waals surface area contributed by atoms with Gasteiger partial charge in [0.2, 0.25) is 0 Å². The number of hydrogen-bond donors (Lipinski definition) is 2. The predicted octanol–water partition coefficient (Wildman–Crippen LogP) is 5.55. The molecule has 124 valence electrons. The third-order valence-corrected chi connectivity index (χ3v) is 3.98. The Hall–Kier alpha value is -2.16. The van der Waals surface area contributed by atoms with Gasteiger partial charge in [0.15, 0.2) is 23.0 Å². The molecule has 2 rings (SSSR count). The minimum Gasteiger partial charge on any atom is -0.504 e. The van der Waals surface area contributed by atoms with Gasteiger partial charge in [0, 0.05) is 0 Å². The highest BCUT2D eigenvalue weighted by Crippen LogP contribution is 2.40. The van der Waals surface area contributed by atoms with Gasteiger partial charge >= 0.3 is 0 Å². The van der Waals surface area contributed by atoms with E-state index in [0.29, 0.717) is 11.5 Å². The molecule has 0 aromatic heterocycles. The Morgan fingerprint density at radius 2 is 1.43 bits per heavy atom. The van der Waals surface area contributed by atoms with Crippen LogP contribution in [0.3, 0.4) is 0 Å². The SMILES string of the molecule is CCCCCc1cc(C)cc(Oc2cc(C)cc(C)c2O)c1O. The van der Waals surface area contributed by atoms with Crippen molar-refractivity contribution in [2.75, 3.05) is 0 Å². The van der Waals surface area contributed by atoms with Gasteiger partial charge in [0.05, 0.1) is 0 Å². The summed E-state index contributed by atoms with van der Waals surface area (Å²) in [4.78, 5) is 0. The van der Waals surface area contributed by atoms with Gasteiger partial charge < -0.3 is 14.9 Å². The topological polar surface area (TPSA) is 49.7 Å². The van der Waals surface area contributed by atoms with Gasteiger partial charge in [0.25, 0.3) is 0 Å². The molecule has 2 aromatic carbocycles. The van der Waals surface area contributed by atoms with E-state index in [2.05, 4.69) is 6.92 Å². The highest BCUT2D eigenvalue weighted by molar-refractivity contribution is 5.54. The van der Waals surface area contributed by atoms with E-state index >= 15 is 0 Å². The van der Waals surface area contributed by atoms with Crippen molar-refractivity contribution < 1.29 is 14.9 Å². The molecular formula is C20H26O3.